The molecule has 0 radical (unpaired) electrons. The van der Waals surface area contributed by atoms with Gasteiger partial charge in [0.25, 0.3) is 11.8 Å². The maximum atomic E-state index is 14.5. The Kier molecular flexibility index (Phi) is 5.91. The zero-order chi connectivity index (χ0) is 23.7. The summed E-state index contributed by atoms with van der Waals surface area (Å²) in [4.78, 5) is 24.4. The Hall–Kier alpha value is -3.52. The van der Waals surface area contributed by atoms with Crippen molar-refractivity contribution >= 4 is 34.4 Å². The summed E-state index contributed by atoms with van der Waals surface area (Å²) in [5.74, 6) is -3.09. The second kappa shape index (κ2) is 9.02. The number of anilines is 1. The third kappa shape index (κ3) is 4.72. The van der Waals surface area contributed by atoms with E-state index in [4.69, 9.17) is 11.6 Å². The Morgan fingerprint density at radius 2 is 1.79 bits per heavy atom. The van der Waals surface area contributed by atoms with Crippen LogP contribution in [0.1, 0.15) is 29.6 Å². The smallest absolute Gasteiger partial charge is 0.252 e. The molecule has 9 heteroatoms. The number of amides is 1. The van der Waals surface area contributed by atoms with Crippen molar-refractivity contribution in [2.45, 2.75) is 37.3 Å². The van der Waals surface area contributed by atoms with Gasteiger partial charge >= 0.3 is 0 Å². The fourth-order valence-electron chi connectivity index (χ4n) is 4.47. The van der Waals surface area contributed by atoms with Crippen LogP contribution in [0.5, 0.6) is 0 Å². The van der Waals surface area contributed by atoms with E-state index in [9.17, 15) is 13.6 Å². The van der Waals surface area contributed by atoms with Crippen LogP contribution < -0.4 is 10.6 Å². The standard InChI is InChI=1S/C25H22ClF2N5O/c26-20-14-30-24(33-22(20)19-13-29-21-9-5-4-8-18(19)21)32-17-10-16(11-25(27,28)12-17)31-23(34)15-6-2-1-3-7-15/h1-9,13-14,16-17,29H,10-12H2,(H,31,34)(H,30,32,33). The summed E-state index contributed by atoms with van der Waals surface area (Å²) in [6, 6.07) is 15.0. The Balaban J connectivity index is 1.35. The van der Waals surface area contributed by atoms with Gasteiger partial charge in [-0.1, -0.05) is 48.0 Å². The summed E-state index contributed by atoms with van der Waals surface area (Å²) >= 11 is 6.38. The first-order valence-electron chi connectivity index (χ1n) is 11.0. The number of carbonyl (C=O) groups is 1. The Bertz CT molecular complexity index is 1330. The van der Waals surface area contributed by atoms with Crippen LogP contribution in [-0.4, -0.2) is 38.9 Å². The first kappa shape index (κ1) is 22.3. The third-order valence-corrected chi connectivity index (χ3v) is 6.23. The average Bonchev–Trinajstić information content (AvgIpc) is 3.24. The molecule has 3 N–H and O–H groups in total. The van der Waals surface area contributed by atoms with Crippen molar-refractivity contribution < 1.29 is 13.6 Å². The van der Waals surface area contributed by atoms with Gasteiger partial charge < -0.3 is 15.6 Å². The number of rotatable bonds is 5. The zero-order valence-electron chi connectivity index (χ0n) is 18.1. The molecule has 2 unspecified atom stereocenters. The number of halogens is 3. The molecule has 2 aromatic carbocycles. The van der Waals surface area contributed by atoms with Gasteiger partial charge in [-0.15, -0.1) is 0 Å². The molecular weight excluding hydrogens is 460 g/mol. The number of aromatic amines is 1. The number of para-hydroxylation sites is 1. The second-order valence-electron chi connectivity index (χ2n) is 8.52. The molecule has 34 heavy (non-hydrogen) atoms. The highest BCUT2D eigenvalue weighted by Gasteiger charge is 2.42. The largest absolute Gasteiger partial charge is 0.360 e. The maximum Gasteiger partial charge on any atom is 0.252 e. The van der Waals surface area contributed by atoms with E-state index in [1.54, 1.807) is 30.3 Å². The third-order valence-electron chi connectivity index (χ3n) is 5.95. The topological polar surface area (TPSA) is 82.7 Å². The summed E-state index contributed by atoms with van der Waals surface area (Å²) in [6.07, 6.45) is 2.81. The number of nitrogens with one attached hydrogen (secondary N) is 3. The fraction of sp³-hybridized carbons (Fsp3) is 0.240. The predicted molar refractivity (Wildman–Crippen MR) is 128 cm³/mol. The van der Waals surface area contributed by atoms with E-state index < -0.39 is 24.4 Å². The van der Waals surface area contributed by atoms with Gasteiger partial charge in [0.2, 0.25) is 5.95 Å². The molecular formula is C25H22ClF2N5O. The minimum absolute atomic E-state index is 0.209. The molecule has 0 bridgehead atoms. The normalized spacial score (nSPS) is 19.6. The van der Waals surface area contributed by atoms with E-state index in [2.05, 4.69) is 25.6 Å². The minimum Gasteiger partial charge on any atom is -0.360 e. The molecule has 0 saturated heterocycles. The molecule has 2 atom stereocenters. The highest BCUT2D eigenvalue weighted by atomic mass is 35.5. The SMILES string of the molecule is O=C(NC1CC(Nc2ncc(Cl)c(-c3c[nH]c4ccccc34)n2)CC(F)(F)C1)c1ccccc1. The van der Waals surface area contributed by atoms with E-state index in [-0.39, 0.29) is 18.3 Å². The lowest BCUT2D eigenvalue weighted by molar-refractivity contribution is -0.0467. The predicted octanol–water partition coefficient (Wildman–Crippen LogP) is 5.68. The van der Waals surface area contributed by atoms with Crippen LogP contribution in [0.4, 0.5) is 14.7 Å². The molecule has 0 spiro atoms. The summed E-state index contributed by atoms with van der Waals surface area (Å²) < 4.78 is 29.1. The molecule has 174 valence electrons. The number of benzene rings is 2. The van der Waals surface area contributed by atoms with Crippen LogP contribution >= 0.6 is 11.6 Å². The highest BCUT2D eigenvalue weighted by Crippen LogP contribution is 2.36. The molecule has 6 nitrogen and oxygen atoms in total. The molecule has 1 aliphatic carbocycles. The number of carbonyl (C=O) groups excluding carboxylic acids is 1. The second-order valence-corrected chi connectivity index (χ2v) is 8.92. The van der Waals surface area contributed by atoms with E-state index in [0.29, 0.717) is 22.7 Å². The molecule has 0 aliphatic heterocycles. The molecule has 1 saturated carbocycles. The van der Waals surface area contributed by atoms with Crippen LogP contribution in [0, 0.1) is 0 Å². The molecule has 2 heterocycles. The van der Waals surface area contributed by atoms with Gasteiger partial charge in [0.05, 0.1) is 16.9 Å². The van der Waals surface area contributed by atoms with Gasteiger partial charge in [0.1, 0.15) is 0 Å². The van der Waals surface area contributed by atoms with Gasteiger partial charge in [-0.3, -0.25) is 4.79 Å². The van der Waals surface area contributed by atoms with Crippen LogP contribution in [0.2, 0.25) is 5.02 Å². The van der Waals surface area contributed by atoms with E-state index >= 15 is 0 Å². The number of H-pyrrole nitrogens is 1. The molecule has 2 aromatic heterocycles. The van der Waals surface area contributed by atoms with Gasteiger partial charge in [-0.05, 0) is 24.6 Å². The van der Waals surface area contributed by atoms with Crippen LogP contribution in [0.3, 0.4) is 0 Å². The van der Waals surface area contributed by atoms with Gasteiger partial charge in [0.15, 0.2) is 0 Å². The molecule has 5 rings (SSSR count). The number of hydrogen-bond donors (Lipinski definition) is 3. The molecule has 1 aliphatic rings. The highest BCUT2D eigenvalue weighted by molar-refractivity contribution is 6.33. The van der Waals surface area contributed by atoms with E-state index in [0.717, 1.165) is 16.5 Å². The van der Waals surface area contributed by atoms with Crippen LogP contribution in [0.25, 0.3) is 22.2 Å². The summed E-state index contributed by atoms with van der Waals surface area (Å²) in [7, 11) is 0. The lowest BCUT2D eigenvalue weighted by Crippen LogP contribution is -2.48. The quantitative estimate of drug-likeness (QED) is 0.342. The minimum atomic E-state index is -2.93. The molecule has 1 fully saturated rings. The number of aromatic nitrogens is 3. The van der Waals surface area contributed by atoms with Gasteiger partial charge in [-0.2, -0.15) is 0 Å². The van der Waals surface area contributed by atoms with Crippen molar-refractivity contribution in [1.29, 1.82) is 0 Å². The molecule has 4 aromatic rings. The van der Waals surface area contributed by atoms with Crippen molar-refractivity contribution in [3.05, 3.63) is 77.6 Å². The Morgan fingerprint density at radius 1 is 1.06 bits per heavy atom. The lowest BCUT2D eigenvalue weighted by atomic mass is 9.87. The first-order chi connectivity index (χ1) is 16.4. The van der Waals surface area contributed by atoms with Crippen LogP contribution in [-0.2, 0) is 0 Å². The van der Waals surface area contributed by atoms with Gasteiger partial charge in [-0.25, -0.2) is 18.7 Å². The summed E-state index contributed by atoms with van der Waals surface area (Å²) in [5, 5.41) is 7.08. The fourth-order valence-corrected chi connectivity index (χ4v) is 4.66. The van der Waals surface area contributed by atoms with Crippen molar-refractivity contribution in [3.63, 3.8) is 0 Å². The first-order valence-corrected chi connectivity index (χ1v) is 11.3. The van der Waals surface area contributed by atoms with Crippen molar-refractivity contribution in [3.8, 4) is 11.3 Å². The monoisotopic (exact) mass is 481 g/mol. The number of nitrogens with zero attached hydrogens (tertiary/aromatic N) is 2. The summed E-state index contributed by atoms with van der Waals surface area (Å²) in [5.41, 5.74) is 2.68. The van der Waals surface area contributed by atoms with Crippen molar-refractivity contribution in [2.75, 3.05) is 5.32 Å². The summed E-state index contributed by atoms with van der Waals surface area (Å²) in [6.45, 7) is 0. The number of hydrogen-bond acceptors (Lipinski definition) is 4. The zero-order valence-corrected chi connectivity index (χ0v) is 18.8. The van der Waals surface area contributed by atoms with Gasteiger partial charge in [0, 0.05) is 53.2 Å². The lowest BCUT2D eigenvalue weighted by Gasteiger charge is -2.35. The average molecular weight is 482 g/mol. The number of fused-ring (bicyclic) bond motifs is 1. The van der Waals surface area contributed by atoms with E-state index in [1.165, 1.54) is 6.20 Å². The van der Waals surface area contributed by atoms with Crippen molar-refractivity contribution in [2.24, 2.45) is 0 Å². The molecule has 1 amide bonds. The number of alkyl halides is 2. The Labute approximate surface area is 199 Å². The van der Waals surface area contributed by atoms with E-state index in [1.807, 2.05) is 30.5 Å². The van der Waals surface area contributed by atoms with Crippen molar-refractivity contribution in [1.82, 2.24) is 20.3 Å². The Morgan fingerprint density at radius 3 is 2.62 bits per heavy atom. The van der Waals surface area contributed by atoms with Crippen LogP contribution in [0.15, 0.2) is 67.0 Å². The maximum absolute atomic E-state index is 14.5.